The predicted octanol–water partition coefficient (Wildman–Crippen LogP) is 2.04. The molecule has 0 amide bonds. The standard InChI is InChI=1S/C11H10ClNO2/c1-2-15-11(14)8-4-6-9-5-3-7-10(12)13-9/h3,5,7H,2,8H2,1H3. The van der Waals surface area contributed by atoms with E-state index in [9.17, 15) is 4.79 Å². The molecular weight excluding hydrogens is 214 g/mol. The van der Waals surface area contributed by atoms with Gasteiger partial charge in [0.05, 0.1) is 6.61 Å². The van der Waals surface area contributed by atoms with Gasteiger partial charge in [0.25, 0.3) is 0 Å². The van der Waals surface area contributed by atoms with Gasteiger partial charge in [-0.25, -0.2) is 4.98 Å². The van der Waals surface area contributed by atoms with Crippen molar-refractivity contribution >= 4 is 17.6 Å². The van der Waals surface area contributed by atoms with Gasteiger partial charge in [0.1, 0.15) is 17.3 Å². The summed E-state index contributed by atoms with van der Waals surface area (Å²) in [5.41, 5.74) is 0.548. The first kappa shape index (κ1) is 11.5. The number of nitrogens with zero attached hydrogens (tertiary/aromatic N) is 1. The van der Waals surface area contributed by atoms with Crippen molar-refractivity contribution in [3.63, 3.8) is 0 Å². The molecule has 0 aliphatic rings. The van der Waals surface area contributed by atoms with Gasteiger partial charge in [0.15, 0.2) is 0 Å². The van der Waals surface area contributed by atoms with Gasteiger partial charge in [-0.05, 0) is 25.0 Å². The lowest BCUT2D eigenvalue weighted by Crippen LogP contribution is -2.01. The number of pyridine rings is 1. The van der Waals surface area contributed by atoms with Gasteiger partial charge in [-0.1, -0.05) is 23.6 Å². The fourth-order valence-electron chi connectivity index (χ4n) is 0.897. The highest BCUT2D eigenvalue weighted by atomic mass is 35.5. The minimum atomic E-state index is -0.327. The summed E-state index contributed by atoms with van der Waals surface area (Å²) < 4.78 is 4.72. The van der Waals surface area contributed by atoms with E-state index in [0.717, 1.165) is 0 Å². The van der Waals surface area contributed by atoms with Gasteiger partial charge < -0.3 is 4.74 Å². The molecule has 1 aromatic rings. The van der Waals surface area contributed by atoms with Crippen LogP contribution >= 0.6 is 11.6 Å². The molecule has 4 heteroatoms. The normalized spacial score (nSPS) is 8.93. The second kappa shape index (κ2) is 6.05. The third kappa shape index (κ3) is 4.48. The minimum Gasteiger partial charge on any atom is -0.465 e. The van der Waals surface area contributed by atoms with Crippen molar-refractivity contribution in [1.82, 2.24) is 4.98 Å². The van der Waals surface area contributed by atoms with Crippen molar-refractivity contribution in [2.75, 3.05) is 6.61 Å². The summed E-state index contributed by atoms with van der Waals surface area (Å²) in [4.78, 5) is 14.9. The average Bonchev–Trinajstić information content (AvgIpc) is 2.18. The molecule has 0 atom stereocenters. The van der Waals surface area contributed by atoms with Crippen LogP contribution in [0.4, 0.5) is 0 Å². The lowest BCUT2D eigenvalue weighted by molar-refractivity contribution is -0.141. The average molecular weight is 224 g/mol. The molecule has 0 saturated carbocycles. The summed E-state index contributed by atoms with van der Waals surface area (Å²) in [6.07, 6.45) is 0.0715. The number of hydrogen-bond acceptors (Lipinski definition) is 3. The molecule has 1 heterocycles. The molecule has 0 bridgehead atoms. The van der Waals surface area contributed by atoms with E-state index in [4.69, 9.17) is 16.3 Å². The summed E-state index contributed by atoms with van der Waals surface area (Å²) in [5, 5.41) is 0.387. The van der Waals surface area contributed by atoms with E-state index in [2.05, 4.69) is 16.8 Å². The van der Waals surface area contributed by atoms with Crippen molar-refractivity contribution in [2.24, 2.45) is 0 Å². The Morgan fingerprint density at radius 2 is 2.40 bits per heavy atom. The number of carbonyl (C=O) groups is 1. The Morgan fingerprint density at radius 3 is 3.07 bits per heavy atom. The van der Waals surface area contributed by atoms with Crippen molar-refractivity contribution in [3.05, 3.63) is 29.0 Å². The molecule has 15 heavy (non-hydrogen) atoms. The Morgan fingerprint density at radius 1 is 1.60 bits per heavy atom. The van der Waals surface area contributed by atoms with E-state index >= 15 is 0 Å². The van der Waals surface area contributed by atoms with Gasteiger partial charge in [0, 0.05) is 0 Å². The largest absolute Gasteiger partial charge is 0.465 e. The Bertz CT molecular complexity index is 407. The topological polar surface area (TPSA) is 39.2 Å². The van der Waals surface area contributed by atoms with E-state index in [0.29, 0.717) is 17.5 Å². The fourth-order valence-corrected chi connectivity index (χ4v) is 1.06. The summed E-state index contributed by atoms with van der Waals surface area (Å²) >= 11 is 5.67. The smallest absolute Gasteiger partial charge is 0.317 e. The Hall–Kier alpha value is -1.53. The number of ether oxygens (including phenoxy) is 1. The third-order valence-electron chi connectivity index (χ3n) is 1.47. The van der Waals surface area contributed by atoms with Crippen LogP contribution in [0.3, 0.4) is 0 Å². The molecule has 0 aliphatic heterocycles. The van der Waals surface area contributed by atoms with Gasteiger partial charge in [-0.2, -0.15) is 0 Å². The van der Waals surface area contributed by atoms with Gasteiger partial charge in [-0.3, -0.25) is 4.79 Å². The molecule has 1 aromatic heterocycles. The second-order valence-corrected chi connectivity index (χ2v) is 3.02. The molecule has 1 rings (SSSR count). The first-order valence-corrected chi connectivity index (χ1v) is 4.87. The van der Waals surface area contributed by atoms with Gasteiger partial charge in [-0.15, -0.1) is 0 Å². The predicted molar refractivity (Wildman–Crippen MR) is 57.4 cm³/mol. The number of hydrogen-bond donors (Lipinski definition) is 0. The zero-order chi connectivity index (χ0) is 11.1. The molecule has 3 nitrogen and oxygen atoms in total. The first-order chi connectivity index (χ1) is 7.22. The number of rotatable bonds is 2. The van der Waals surface area contributed by atoms with Gasteiger partial charge >= 0.3 is 5.97 Å². The Labute approximate surface area is 93.4 Å². The summed E-state index contributed by atoms with van der Waals surface area (Å²) in [7, 11) is 0. The molecule has 0 radical (unpaired) electrons. The Balaban J connectivity index is 2.55. The summed E-state index contributed by atoms with van der Waals surface area (Å²) in [6, 6.07) is 5.14. The zero-order valence-electron chi connectivity index (χ0n) is 8.29. The maximum Gasteiger partial charge on any atom is 0.317 e. The van der Waals surface area contributed by atoms with E-state index in [1.54, 1.807) is 25.1 Å². The molecule has 0 fully saturated rings. The highest BCUT2D eigenvalue weighted by Crippen LogP contribution is 2.03. The van der Waals surface area contributed by atoms with E-state index in [-0.39, 0.29) is 12.4 Å². The highest BCUT2D eigenvalue weighted by molar-refractivity contribution is 6.29. The SMILES string of the molecule is CCOC(=O)CC#Cc1cccc(Cl)n1. The molecule has 0 unspecified atom stereocenters. The monoisotopic (exact) mass is 223 g/mol. The van der Waals surface area contributed by atoms with Crippen LogP contribution in [-0.2, 0) is 9.53 Å². The zero-order valence-corrected chi connectivity index (χ0v) is 9.04. The van der Waals surface area contributed by atoms with Gasteiger partial charge in [0.2, 0.25) is 0 Å². The highest BCUT2D eigenvalue weighted by Gasteiger charge is 1.96. The van der Waals surface area contributed by atoms with Crippen LogP contribution in [-0.4, -0.2) is 17.6 Å². The van der Waals surface area contributed by atoms with Crippen LogP contribution in [0.2, 0.25) is 5.15 Å². The fraction of sp³-hybridized carbons (Fsp3) is 0.273. The van der Waals surface area contributed by atoms with Crippen molar-refractivity contribution in [2.45, 2.75) is 13.3 Å². The molecule has 0 saturated heterocycles. The third-order valence-corrected chi connectivity index (χ3v) is 1.68. The van der Waals surface area contributed by atoms with Crippen LogP contribution < -0.4 is 0 Å². The molecule has 78 valence electrons. The summed E-state index contributed by atoms with van der Waals surface area (Å²) in [6.45, 7) is 2.12. The maximum atomic E-state index is 10.9. The number of aromatic nitrogens is 1. The molecular formula is C11H10ClNO2. The molecule has 0 spiro atoms. The second-order valence-electron chi connectivity index (χ2n) is 2.63. The van der Waals surface area contributed by atoms with Crippen LogP contribution in [0.15, 0.2) is 18.2 Å². The lowest BCUT2D eigenvalue weighted by atomic mass is 10.3. The quantitative estimate of drug-likeness (QED) is 0.438. The molecule has 0 aliphatic carbocycles. The Kier molecular flexibility index (Phi) is 4.65. The number of halogens is 1. The van der Waals surface area contributed by atoms with E-state index in [1.807, 2.05) is 0 Å². The number of carbonyl (C=O) groups excluding carboxylic acids is 1. The van der Waals surface area contributed by atoms with Crippen molar-refractivity contribution in [1.29, 1.82) is 0 Å². The van der Waals surface area contributed by atoms with Crippen LogP contribution in [0, 0.1) is 11.8 Å². The first-order valence-electron chi connectivity index (χ1n) is 4.49. The number of esters is 1. The molecule has 0 N–H and O–H groups in total. The maximum absolute atomic E-state index is 10.9. The van der Waals surface area contributed by atoms with Crippen molar-refractivity contribution < 1.29 is 9.53 Å². The van der Waals surface area contributed by atoms with Crippen LogP contribution in [0.5, 0.6) is 0 Å². The van der Waals surface area contributed by atoms with Crippen molar-refractivity contribution in [3.8, 4) is 11.8 Å². The molecule has 0 aromatic carbocycles. The van der Waals surface area contributed by atoms with Crippen LogP contribution in [0.1, 0.15) is 19.0 Å². The summed E-state index contributed by atoms with van der Waals surface area (Å²) in [5.74, 6) is 5.07. The van der Waals surface area contributed by atoms with E-state index < -0.39 is 0 Å². The van der Waals surface area contributed by atoms with Crippen LogP contribution in [0.25, 0.3) is 0 Å². The van der Waals surface area contributed by atoms with E-state index in [1.165, 1.54) is 0 Å². The minimum absolute atomic E-state index is 0.0715. The lowest BCUT2D eigenvalue weighted by Gasteiger charge is -1.94.